The van der Waals surface area contributed by atoms with Crippen molar-refractivity contribution in [3.63, 3.8) is 0 Å². The average Bonchev–Trinajstić information content (AvgIpc) is 2.46. The van der Waals surface area contributed by atoms with Crippen LogP contribution >= 0.6 is 0 Å². The van der Waals surface area contributed by atoms with E-state index >= 15 is 0 Å². The molecule has 0 saturated heterocycles. The van der Waals surface area contributed by atoms with Gasteiger partial charge < -0.3 is 10.1 Å². The maximum absolute atomic E-state index is 12.8. The number of halogens is 3. The molecule has 3 nitrogen and oxygen atoms in total. The van der Waals surface area contributed by atoms with Crippen LogP contribution in [0.4, 0.5) is 18.0 Å². The molecule has 1 rings (SSSR count). The number of alkyl carbamates (subject to hydrolysis) is 1. The molecule has 0 aromatic heterocycles. The third kappa shape index (κ3) is 6.83. The summed E-state index contributed by atoms with van der Waals surface area (Å²) in [4.78, 5) is 11.4. The molecule has 0 heterocycles. The van der Waals surface area contributed by atoms with Crippen LogP contribution in [0.1, 0.15) is 43.7 Å². The molecule has 124 valence electrons. The van der Waals surface area contributed by atoms with E-state index in [9.17, 15) is 18.0 Å². The second-order valence-electron chi connectivity index (χ2n) is 5.03. The Labute approximate surface area is 128 Å². The summed E-state index contributed by atoms with van der Waals surface area (Å²) in [6.07, 6.45) is -0.790. The van der Waals surface area contributed by atoms with Crippen molar-refractivity contribution in [1.82, 2.24) is 5.32 Å². The molecule has 0 fully saturated rings. The molecule has 0 aliphatic heterocycles. The molecule has 0 unspecified atom stereocenters. The fourth-order valence-corrected chi connectivity index (χ4v) is 2.06. The van der Waals surface area contributed by atoms with Gasteiger partial charge in [-0.1, -0.05) is 44.4 Å². The van der Waals surface area contributed by atoms with Crippen molar-refractivity contribution >= 4 is 6.09 Å². The Bertz CT molecular complexity index is 461. The summed E-state index contributed by atoms with van der Waals surface area (Å²) >= 11 is 0. The molecule has 6 heteroatoms. The Morgan fingerprint density at radius 1 is 1.18 bits per heavy atom. The van der Waals surface area contributed by atoms with Gasteiger partial charge in [-0.3, -0.25) is 0 Å². The number of rotatable bonds is 8. The maximum atomic E-state index is 12.8. The van der Waals surface area contributed by atoms with E-state index in [0.29, 0.717) is 6.54 Å². The first-order valence-corrected chi connectivity index (χ1v) is 7.51. The molecule has 1 aromatic carbocycles. The number of nitrogens with one attached hydrogen (secondary N) is 1. The first kappa shape index (κ1) is 18.3. The highest BCUT2D eigenvalue weighted by Crippen LogP contribution is 2.31. The summed E-state index contributed by atoms with van der Waals surface area (Å²) in [6.45, 7) is 2.55. The van der Waals surface area contributed by atoms with E-state index in [1.807, 2.05) is 0 Å². The van der Waals surface area contributed by atoms with Crippen molar-refractivity contribution in [1.29, 1.82) is 0 Å². The molecule has 1 aromatic rings. The lowest BCUT2D eigenvalue weighted by Crippen LogP contribution is -2.26. The zero-order valence-corrected chi connectivity index (χ0v) is 12.7. The fourth-order valence-electron chi connectivity index (χ4n) is 2.06. The van der Waals surface area contributed by atoms with Crippen molar-refractivity contribution in [3.8, 4) is 0 Å². The number of benzene rings is 1. The van der Waals surface area contributed by atoms with Crippen molar-refractivity contribution in [2.45, 2.75) is 45.2 Å². The van der Waals surface area contributed by atoms with E-state index < -0.39 is 17.8 Å². The van der Waals surface area contributed by atoms with E-state index in [0.717, 1.165) is 31.7 Å². The number of carbonyl (C=O) groups excluding carboxylic acids is 1. The lowest BCUT2D eigenvalue weighted by molar-refractivity contribution is -0.138. The zero-order valence-electron chi connectivity index (χ0n) is 12.7. The van der Waals surface area contributed by atoms with Gasteiger partial charge in [0.25, 0.3) is 0 Å². The van der Waals surface area contributed by atoms with Gasteiger partial charge in [0.1, 0.15) is 0 Å². The van der Waals surface area contributed by atoms with Gasteiger partial charge >= 0.3 is 12.3 Å². The van der Waals surface area contributed by atoms with Crippen LogP contribution in [-0.2, 0) is 17.3 Å². The first-order chi connectivity index (χ1) is 10.4. The number of amides is 1. The van der Waals surface area contributed by atoms with E-state index in [4.69, 9.17) is 4.74 Å². The van der Waals surface area contributed by atoms with Crippen molar-refractivity contribution < 1.29 is 22.7 Å². The second kappa shape index (κ2) is 9.33. The SMILES string of the molecule is CCCCCCNC(=O)OCCc1ccccc1C(F)(F)F. The lowest BCUT2D eigenvalue weighted by Gasteiger charge is -2.12. The Kier molecular flexibility index (Phi) is 7.77. The van der Waals surface area contributed by atoms with Gasteiger partial charge in [0.05, 0.1) is 12.2 Å². The molecule has 0 radical (unpaired) electrons. The summed E-state index contributed by atoms with van der Waals surface area (Å²) in [6, 6.07) is 5.31. The molecule has 1 amide bonds. The Morgan fingerprint density at radius 3 is 2.59 bits per heavy atom. The van der Waals surface area contributed by atoms with Gasteiger partial charge in [0.2, 0.25) is 0 Å². The molecule has 0 aliphatic carbocycles. The minimum Gasteiger partial charge on any atom is -0.449 e. The summed E-state index contributed by atoms with van der Waals surface area (Å²) < 4.78 is 43.3. The number of alkyl halides is 3. The molecular formula is C16H22F3NO2. The maximum Gasteiger partial charge on any atom is 0.416 e. The van der Waals surface area contributed by atoms with Gasteiger partial charge in [0, 0.05) is 13.0 Å². The van der Waals surface area contributed by atoms with Crippen LogP contribution in [0.25, 0.3) is 0 Å². The van der Waals surface area contributed by atoms with Gasteiger partial charge in [-0.25, -0.2) is 4.79 Å². The number of ether oxygens (including phenoxy) is 1. The first-order valence-electron chi connectivity index (χ1n) is 7.51. The summed E-state index contributed by atoms with van der Waals surface area (Å²) in [5, 5.41) is 2.59. The van der Waals surface area contributed by atoms with Crippen LogP contribution in [-0.4, -0.2) is 19.2 Å². The van der Waals surface area contributed by atoms with Gasteiger partial charge in [-0.15, -0.1) is 0 Å². The Balaban J connectivity index is 2.31. The number of unbranched alkanes of at least 4 members (excludes halogenated alkanes) is 3. The quantitative estimate of drug-likeness (QED) is 0.714. The van der Waals surface area contributed by atoms with Gasteiger partial charge in [-0.05, 0) is 18.1 Å². The predicted octanol–water partition coefficient (Wildman–Crippen LogP) is 4.55. The molecule has 0 spiro atoms. The Hall–Kier alpha value is -1.72. The average molecular weight is 317 g/mol. The van der Waals surface area contributed by atoms with Crippen LogP contribution in [0.2, 0.25) is 0 Å². The van der Waals surface area contributed by atoms with Crippen LogP contribution in [0.3, 0.4) is 0 Å². The van der Waals surface area contributed by atoms with Crippen molar-refractivity contribution in [2.75, 3.05) is 13.2 Å². The largest absolute Gasteiger partial charge is 0.449 e. The van der Waals surface area contributed by atoms with E-state index in [1.54, 1.807) is 6.07 Å². The van der Waals surface area contributed by atoms with Crippen LogP contribution < -0.4 is 5.32 Å². The number of carbonyl (C=O) groups is 1. The molecular weight excluding hydrogens is 295 g/mol. The van der Waals surface area contributed by atoms with E-state index in [-0.39, 0.29) is 18.6 Å². The van der Waals surface area contributed by atoms with Gasteiger partial charge in [0.15, 0.2) is 0 Å². The minimum absolute atomic E-state index is 0.0406. The van der Waals surface area contributed by atoms with Crippen LogP contribution in [0.5, 0.6) is 0 Å². The smallest absolute Gasteiger partial charge is 0.416 e. The number of hydrogen-bond donors (Lipinski definition) is 1. The van der Waals surface area contributed by atoms with Crippen molar-refractivity contribution in [3.05, 3.63) is 35.4 Å². The topological polar surface area (TPSA) is 38.3 Å². The highest BCUT2D eigenvalue weighted by molar-refractivity contribution is 5.67. The zero-order chi connectivity index (χ0) is 16.4. The van der Waals surface area contributed by atoms with Crippen LogP contribution in [0, 0.1) is 0 Å². The van der Waals surface area contributed by atoms with Crippen molar-refractivity contribution in [2.24, 2.45) is 0 Å². The summed E-state index contributed by atoms with van der Waals surface area (Å²) in [5.74, 6) is 0. The number of hydrogen-bond acceptors (Lipinski definition) is 2. The summed E-state index contributed by atoms with van der Waals surface area (Å²) in [5.41, 5.74) is -0.552. The third-order valence-corrected chi connectivity index (χ3v) is 3.23. The lowest BCUT2D eigenvalue weighted by atomic mass is 10.0. The molecule has 0 saturated carbocycles. The van der Waals surface area contributed by atoms with Crippen LogP contribution in [0.15, 0.2) is 24.3 Å². The van der Waals surface area contributed by atoms with E-state index in [1.165, 1.54) is 12.1 Å². The van der Waals surface area contributed by atoms with E-state index in [2.05, 4.69) is 12.2 Å². The Morgan fingerprint density at radius 2 is 1.91 bits per heavy atom. The summed E-state index contributed by atoms with van der Waals surface area (Å²) in [7, 11) is 0. The predicted molar refractivity (Wildman–Crippen MR) is 78.6 cm³/mol. The van der Waals surface area contributed by atoms with Gasteiger partial charge in [-0.2, -0.15) is 13.2 Å². The monoisotopic (exact) mass is 317 g/mol. The standard InChI is InChI=1S/C16H22F3NO2/c1-2-3-4-7-11-20-15(21)22-12-10-13-8-5-6-9-14(13)16(17,18)19/h5-6,8-9H,2-4,7,10-12H2,1H3,(H,20,21). The second-order valence-corrected chi connectivity index (χ2v) is 5.03. The molecule has 1 N–H and O–H groups in total. The molecule has 0 atom stereocenters. The molecule has 0 bridgehead atoms. The normalized spacial score (nSPS) is 11.3. The minimum atomic E-state index is -4.39. The fraction of sp³-hybridized carbons (Fsp3) is 0.562. The highest BCUT2D eigenvalue weighted by Gasteiger charge is 2.32. The molecule has 22 heavy (non-hydrogen) atoms. The highest BCUT2D eigenvalue weighted by atomic mass is 19.4. The molecule has 0 aliphatic rings. The third-order valence-electron chi connectivity index (χ3n) is 3.23.